The van der Waals surface area contributed by atoms with Crippen molar-refractivity contribution in [3.8, 4) is 0 Å². The lowest BCUT2D eigenvalue weighted by Crippen LogP contribution is -2.28. The Kier molecular flexibility index (Phi) is 1.89. The van der Waals surface area contributed by atoms with Crippen LogP contribution in [0.15, 0.2) is 5.10 Å². The summed E-state index contributed by atoms with van der Waals surface area (Å²) < 4.78 is 0. The lowest BCUT2D eigenvalue weighted by atomic mass is 10.3. The SMILES string of the molecule is CC1=NN(CC(N)=O)CC1. The third-order valence-corrected chi connectivity index (χ3v) is 1.38. The standard InChI is InChI=1S/C6H11N3O/c1-5-2-3-9(8-5)4-6(7)10/h2-4H2,1H3,(H2,7,10). The molecule has 0 aromatic rings. The number of hydrogen-bond acceptors (Lipinski definition) is 3. The maximum absolute atomic E-state index is 10.4. The fraction of sp³-hybridized carbons (Fsp3) is 0.667. The first kappa shape index (κ1) is 7.05. The highest BCUT2D eigenvalue weighted by atomic mass is 16.1. The first-order valence-corrected chi connectivity index (χ1v) is 3.26. The van der Waals surface area contributed by atoms with Crippen LogP contribution in [-0.2, 0) is 4.79 Å². The minimum atomic E-state index is -0.321. The molecule has 0 aliphatic carbocycles. The molecule has 0 aromatic carbocycles. The summed E-state index contributed by atoms with van der Waals surface area (Å²) in [6.45, 7) is 3.02. The third kappa shape index (κ3) is 1.72. The van der Waals surface area contributed by atoms with Crippen LogP contribution < -0.4 is 5.73 Å². The van der Waals surface area contributed by atoms with E-state index in [-0.39, 0.29) is 12.5 Å². The molecule has 0 atom stereocenters. The third-order valence-electron chi connectivity index (χ3n) is 1.38. The molecule has 1 aliphatic rings. The molecule has 4 heteroatoms. The van der Waals surface area contributed by atoms with E-state index in [1.54, 1.807) is 5.01 Å². The summed E-state index contributed by atoms with van der Waals surface area (Å²) in [6, 6.07) is 0. The predicted octanol–water partition coefficient (Wildman–Crippen LogP) is -0.447. The Balaban J connectivity index is 2.38. The van der Waals surface area contributed by atoms with E-state index in [9.17, 15) is 4.79 Å². The summed E-state index contributed by atoms with van der Waals surface area (Å²) in [4.78, 5) is 10.4. The van der Waals surface area contributed by atoms with Gasteiger partial charge in [0.1, 0.15) is 6.54 Å². The van der Waals surface area contributed by atoms with Crippen LogP contribution in [0.4, 0.5) is 0 Å². The minimum absolute atomic E-state index is 0.247. The van der Waals surface area contributed by atoms with E-state index < -0.39 is 0 Å². The number of carbonyl (C=O) groups is 1. The van der Waals surface area contributed by atoms with Crippen molar-refractivity contribution in [3.05, 3.63) is 0 Å². The molecule has 0 fully saturated rings. The molecule has 56 valence electrons. The van der Waals surface area contributed by atoms with Crippen molar-refractivity contribution >= 4 is 11.6 Å². The number of hydrogen-bond donors (Lipinski definition) is 1. The van der Waals surface area contributed by atoms with Crippen LogP contribution >= 0.6 is 0 Å². The van der Waals surface area contributed by atoms with Crippen LogP contribution in [0.2, 0.25) is 0 Å². The summed E-state index contributed by atoms with van der Waals surface area (Å²) in [5, 5.41) is 5.77. The molecule has 1 amide bonds. The van der Waals surface area contributed by atoms with Gasteiger partial charge in [-0.25, -0.2) is 0 Å². The molecular formula is C6H11N3O. The fourth-order valence-electron chi connectivity index (χ4n) is 0.927. The number of hydrazone groups is 1. The summed E-state index contributed by atoms with van der Waals surface area (Å²) in [5.41, 5.74) is 6.04. The Hall–Kier alpha value is -1.06. The molecule has 0 saturated carbocycles. The molecule has 0 unspecified atom stereocenters. The quantitative estimate of drug-likeness (QED) is 0.566. The zero-order valence-electron chi connectivity index (χ0n) is 6.00. The Morgan fingerprint density at radius 3 is 3.00 bits per heavy atom. The van der Waals surface area contributed by atoms with Crippen molar-refractivity contribution in [1.82, 2.24) is 5.01 Å². The summed E-state index contributed by atoms with van der Waals surface area (Å²) in [6.07, 6.45) is 0.952. The zero-order valence-corrected chi connectivity index (χ0v) is 6.00. The zero-order chi connectivity index (χ0) is 7.56. The number of carbonyl (C=O) groups excluding carboxylic acids is 1. The normalized spacial score (nSPS) is 17.3. The molecule has 4 nitrogen and oxygen atoms in total. The van der Waals surface area contributed by atoms with Crippen LogP contribution in [0.5, 0.6) is 0 Å². The Labute approximate surface area is 59.7 Å². The average Bonchev–Trinajstić information content (AvgIpc) is 2.13. The highest BCUT2D eigenvalue weighted by Crippen LogP contribution is 2.03. The van der Waals surface area contributed by atoms with Crippen molar-refractivity contribution in [2.45, 2.75) is 13.3 Å². The van der Waals surface area contributed by atoms with Crippen LogP contribution in [-0.4, -0.2) is 29.7 Å². The minimum Gasteiger partial charge on any atom is -0.368 e. The first-order chi connectivity index (χ1) is 4.68. The van der Waals surface area contributed by atoms with Gasteiger partial charge in [0.15, 0.2) is 0 Å². The van der Waals surface area contributed by atoms with Gasteiger partial charge in [0.05, 0.1) is 0 Å². The molecule has 0 saturated heterocycles. The van der Waals surface area contributed by atoms with Crippen molar-refractivity contribution in [1.29, 1.82) is 0 Å². The second-order valence-electron chi connectivity index (χ2n) is 2.44. The van der Waals surface area contributed by atoms with E-state index >= 15 is 0 Å². The second kappa shape index (κ2) is 2.68. The van der Waals surface area contributed by atoms with Crippen LogP contribution in [0.1, 0.15) is 13.3 Å². The number of rotatable bonds is 2. The van der Waals surface area contributed by atoms with Gasteiger partial charge in [-0.2, -0.15) is 5.10 Å². The lowest BCUT2D eigenvalue weighted by molar-refractivity contribution is -0.119. The number of nitrogens with zero attached hydrogens (tertiary/aromatic N) is 2. The number of primary amides is 1. The molecule has 10 heavy (non-hydrogen) atoms. The monoisotopic (exact) mass is 141 g/mol. The maximum Gasteiger partial charge on any atom is 0.238 e. The molecule has 0 radical (unpaired) electrons. The molecule has 0 bridgehead atoms. The van der Waals surface area contributed by atoms with E-state index in [1.807, 2.05) is 6.92 Å². The molecule has 1 rings (SSSR count). The summed E-state index contributed by atoms with van der Waals surface area (Å²) in [5.74, 6) is -0.321. The Morgan fingerprint density at radius 2 is 2.60 bits per heavy atom. The Bertz CT molecular complexity index is 176. The predicted molar refractivity (Wildman–Crippen MR) is 38.5 cm³/mol. The van der Waals surface area contributed by atoms with E-state index in [2.05, 4.69) is 5.10 Å². The van der Waals surface area contributed by atoms with Gasteiger partial charge >= 0.3 is 0 Å². The fourth-order valence-corrected chi connectivity index (χ4v) is 0.927. The van der Waals surface area contributed by atoms with Crippen molar-refractivity contribution in [2.24, 2.45) is 10.8 Å². The van der Waals surface area contributed by atoms with Crippen molar-refractivity contribution in [3.63, 3.8) is 0 Å². The molecular weight excluding hydrogens is 130 g/mol. The second-order valence-corrected chi connectivity index (χ2v) is 2.44. The smallest absolute Gasteiger partial charge is 0.238 e. The van der Waals surface area contributed by atoms with Gasteiger partial charge in [0, 0.05) is 18.7 Å². The van der Waals surface area contributed by atoms with Crippen molar-refractivity contribution < 1.29 is 4.79 Å². The number of nitrogens with two attached hydrogens (primary N) is 1. The van der Waals surface area contributed by atoms with Gasteiger partial charge in [0.25, 0.3) is 0 Å². The topological polar surface area (TPSA) is 58.7 Å². The Morgan fingerprint density at radius 1 is 1.90 bits per heavy atom. The molecule has 0 spiro atoms. The van der Waals surface area contributed by atoms with Gasteiger partial charge in [-0.1, -0.05) is 0 Å². The lowest BCUT2D eigenvalue weighted by Gasteiger charge is -2.09. The maximum atomic E-state index is 10.4. The molecule has 1 heterocycles. The van der Waals surface area contributed by atoms with E-state index in [0.29, 0.717) is 0 Å². The van der Waals surface area contributed by atoms with Gasteiger partial charge in [-0.05, 0) is 6.92 Å². The summed E-state index contributed by atoms with van der Waals surface area (Å²) in [7, 11) is 0. The van der Waals surface area contributed by atoms with Gasteiger partial charge in [-0.3, -0.25) is 9.80 Å². The largest absolute Gasteiger partial charge is 0.368 e. The van der Waals surface area contributed by atoms with Gasteiger partial charge in [0.2, 0.25) is 5.91 Å². The highest BCUT2D eigenvalue weighted by Gasteiger charge is 2.11. The van der Waals surface area contributed by atoms with Crippen LogP contribution in [0.25, 0.3) is 0 Å². The van der Waals surface area contributed by atoms with Crippen LogP contribution in [0.3, 0.4) is 0 Å². The average molecular weight is 141 g/mol. The molecule has 2 N–H and O–H groups in total. The van der Waals surface area contributed by atoms with E-state index in [1.165, 1.54) is 0 Å². The van der Waals surface area contributed by atoms with E-state index in [0.717, 1.165) is 18.7 Å². The summed E-state index contributed by atoms with van der Waals surface area (Å²) >= 11 is 0. The number of amides is 1. The highest BCUT2D eigenvalue weighted by molar-refractivity contribution is 5.83. The van der Waals surface area contributed by atoms with Crippen molar-refractivity contribution in [2.75, 3.05) is 13.1 Å². The van der Waals surface area contributed by atoms with Gasteiger partial charge < -0.3 is 5.73 Å². The first-order valence-electron chi connectivity index (χ1n) is 3.26. The van der Waals surface area contributed by atoms with E-state index in [4.69, 9.17) is 5.73 Å². The molecule has 1 aliphatic heterocycles. The van der Waals surface area contributed by atoms with Gasteiger partial charge in [-0.15, -0.1) is 0 Å². The van der Waals surface area contributed by atoms with Crippen LogP contribution in [0, 0.1) is 0 Å². The molecule has 0 aromatic heterocycles.